The maximum atomic E-state index is 5.91. The van der Waals surface area contributed by atoms with Crippen LogP contribution < -0.4 is 5.32 Å². The van der Waals surface area contributed by atoms with Crippen molar-refractivity contribution in [3.05, 3.63) is 35.4 Å². The van der Waals surface area contributed by atoms with Gasteiger partial charge in [0.25, 0.3) is 0 Å². The summed E-state index contributed by atoms with van der Waals surface area (Å²) in [7, 11) is 2.02. The summed E-state index contributed by atoms with van der Waals surface area (Å²) in [6.45, 7) is 9.50. The molecule has 0 spiro atoms. The normalized spacial score (nSPS) is 14.6. The number of hydrogen-bond acceptors (Lipinski definition) is 2. The molecule has 0 amide bonds. The van der Waals surface area contributed by atoms with Gasteiger partial charge in [0.05, 0.1) is 12.1 Å². The van der Waals surface area contributed by atoms with E-state index in [9.17, 15) is 0 Å². The summed E-state index contributed by atoms with van der Waals surface area (Å²) in [5, 5.41) is 3.41. The van der Waals surface area contributed by atoms with E-state index in [0.717, 1.165) is 19.4 Å². The zero-order chi connectivity index (χ0) is 14.3. The summed E-state index contributed by atoms with van der Waals surface area (Å²) in [6.07, 6.45) is 2.49. The van der Waals surface area contributed by atoms with Crippen LogP contribution in [0.15, 0.2) is 24.3 Å². The van der Waals surface area contributed by atoms with E-state index in [-0.39, 0.29) is 12.1 Å². The van der Waals surface area contributed by atoms with E-state index < -0.39 is 0 Å². The first-order valence-electron chi connectivity index (χ1n) is 7.52. The van der Waals surface area contributed by atoms with Crippen molar-refractivity contribution in [1.82, 2.24) is 5.32 Å². The topological polar surface area (TPSA) is 21.3 Å². The molecule has 0 fully saturated rings. The number of ether oxygens (including phenoxy) is 1. The van der Waals surface area contributed by atoms with Crippen LogP contribution in [0.25, 0.3) is 0 Å². The van der Waals surface area contributed by atoms with Crippen LogP contribution in [0.2, 0.25) is 0 Å². The third kappa shape index (κ3) is 4.63. The van der Waals surface area contributed by atoms with Crippen molar-refractivity contribution in [2.45, 2.75) is 58.6 Å². The van der Waals surface area contributed by atoms with Crippen molar-refractivity contribution in [2.75, 3.05) is 13.7 Å². The molecule has 0 aliphatic heterocycles. The van der Waals surface area contributed by atoms with E-state index in [1.165, 1.54) is 11.1 Å². The molecule has 1 aromatic rings. The first kappa shape index (κ1) is 16.2. The largest absolute Gasteiger partial charge is 0.377 e. The summed E-state index contributed by atoms with van der Waals surface area (Å²) in [5.41, 5.74) is 2.71. The lowest BCUT2D eigenvalue weighted by Crippen LogP contribution is -2.31. The highest BCUT2D eigenvalue weighted by Crippen LogP contribution is 2.24. The van der Waals surface area contributed by atoms with Crippen LogP contribution in [-0.2, 0) is 4.74 Å². The van der Waals surface area contributed by atoms with Gasteiger partial charge < -0.3 is 10.1 Å². The Labute approximate surface area is 118 Å². The number of nitrogens with one attached hydrogen (secondary N) is 1. The first-order valence-corrected chi connectivity index (χ1v) is 7.52. The van der Waals surface area contributed by atoms with Gasteiger partial charge in [-0.15, -0.1) is 0 Å². The standard InChI is InChI=1S/C17H29NO/c1-6-8-16(19-7-2)17(18-5)15-11-9-14(10-12-15)13(3)4/h9-13,16-18H,6-8H2,1-5H3. The molecule has 0 radical (unpaired) electrons. The van der Waals surface area contributed by atoms with Crippen molar-refractivity contribution in [3.63, 3.8) is 0 Å². The van der Waals surface area contributed by atoms with Gasteiger partial charge >= 0.3 is 0 Å². The van der Waals surface area contributed by atoms with Crippen molar-refractivity contribution in [2.24, 2.45) is 0 Å². The Morgan fingerprint density at radius 2 is 1.63 bits per heavy atom. The van der Waals surface area contributed by atoms with Crippen LogP contribution >= 0.6 is 0 Å². The third-order valence-electron chi connectivity index (χ3n) is 3.60. The fraction of sp³-hybridized carbons (Fsp3) is 0.647. The number of benzene rings is 1. The third-order valence-corrected chi connectivity index (χ3v) is 3.60. The molecule has 2 heteroatoms. The highest BCUT2D eigenvalue weighted by atomic mass is 16.5. The predicted octanol–water partition coefficient (Wildman–Crippen LogP) is 4.28. The maximum Gasteiger partial charge on any atom is 0.0769 e. The minimum absolute atomic E-state index is 0.255. The van der Waals surface area contributed by atoms with Crippen molar-refractivity contribution in [3.8, 4) is 0 Å². The molecule has 0 heterocycles. The lowest BCUT2D eigenvalue weighted by Gasteiger charge is -2.27. The summed E-state index contributed by atoms with van der Waals surface area (Å²) in [4.78, 5) is 0. The smallest absolute Gasteiger partial charge is 0.0769 e. The Morgan fingerprint density at radius 1 is 1.05 bits per heavy atom. The molecule has 0 saturated carbocycles. The molecule has 1 rings (SSSR count). The van der Waals surface area contributed by atoms with Crippen LogP contribution in [0, 0.1) is 0 Å². The lowest BCUT2D eigenvalue weighted by molar-refractivity contribution is 0.0295. The fourth-order valence-corrected chi connectivity index (χ4v) is 2.50. The van der Waals surface area contributed by atoms with Gasteiger partial charge in [0.15, 0.2) is 0 Å². The maximum absolute atomic E-state index is 5.91. The van der Waals surface area contributed by atoms with Gasteiger partial charge in [0.1, 0.15) is 0 Å². The molecule has 108 valence electrons. The van der Waals surface area contributed by atoms with E-state index in [1.807, 2.05) is 7.05 Å². The van der Waals surface area contributed by atoms with Crippen LogP contribution in [-0.4, -0.2) is 19.8 Å². The molecule has 0 aromatic heterocycles. The first-order chi connectivity index (χ1) is 9.13. The predicted molar refractivity (Wildman–Crippen MR) is 82.7 cm³/mol. The summed E-state index contributed by atoms with van der Waals surface area (Å²) >= 11 is 0. The quantitative estimate of drug-likeness (QED) is 0.756. The van der Waals surface area contributed by atoms with E-state index in [0.29, 0.717) is 5.92 Å². The Bertz CT molecular complexity index is 339. The van der Waals surface area contributed by atoms with Crippen molar-refractivity contribution >= 4 is 0 Å². The summed E-state index contributed by atoms with van der Waals surface area (Å²) in [6, 6.07) is 9.22. The Balaban J connectivity index is 2.87. The zero-order valence-electron chi connectivity index (χ0n) is 13.1. The van der Waals surface area contributed by atoms with E-state index in [4.69, 9.17) is 4.74 Å². The minimum Gasteiger partial charge on any atom is -0.377 e. The van der Waals surface area contributed by atoms with Gasteiger partial charge in [-0.25, -0.2) is 0 Å². The van der Waals surface area contributed by atoms with Gasteiger partial charge in [-0.1, -0.05) is 51.5 Å². The molecule has 0 aliphatic rings. The van der Waals surface area contributed by atoms with Gasteiger partial charge in [-0.05, 0) is 37.4 Å². The zero-order valence-corrected chi connectivity index (χ0v) is 13.1. The molecule has 2 atom stereocenters. The number of hydrogen-bond donors (Lipinski definition) is 1. The Kier molecular flexibility index (Phi) is 7.11. The Hall–Kier alpha value is -0.860. The second-order valence-corrected chi connectivity index (χ2v) is 5.37. The molecular weight excluding hydrogens is 234 g/mol. The molecule has 0 bridgehead atoms. The molecule has 1 aromatic carbocycles. The fourth-order valence-electron chi connectivity index (χ4n) is 2.50. The van der Waals surface area contributed by atoms with Crippen LogP contribution in [0.1, 0.15) is 63.6 Å². The number of rotatable bonds is 8. The summed E-state index contributed by atoms with van der Waals surface area (Å²) in [5.74, 6) is 0.584. The highest BCUT2D eigenvalue weighted by Gasteiger charge is 2.21. The van der Waals surface area contributed by atoms with Gasteiger partial charge in [0.2, 0.25) is 0 Å². The van der Waals surface area contributed by atoms with Crippen LogP contribution in [0.4, 0.5) is 0 Å². The van der Waals surface area contributed by atoms with Gasteiger partial charge in [0, 0.05) is 6.61 Å². The number of likely N-dealkylation sites (N-methyl/N-ethyl adjacent to an activating group) is 1. The van der Waals surface area contributed by atoms with Gasteiger partial charge in [-0.2, -0.15) is 0 Å². The molecule has 0 aliphatic carbocycles. The van der Waals surface area contributed by atoms with Crippen LogP contribution in [0.5, 0.6) is 0 Å². The van der Waals surface area contributed by atoms with E-state index >= 15 is 0 Å². The van der Waals surface area contributed by atoms with Crippen LogP contribution in [0.3, 0.4) is 0 Å². The average molecular weight is 263 g/mol. The minimum atomic E-state index is 0.255. The van der Waals surface area contributed by atoms with Crippen molar-refractivity contribution in [1.29, 1.82) is 0 Å². The molecule has 2 unspecified atom stereocenters. The molecule has 0 saturated heterocycles. The summed E-state index contributed by atoms with van der Waals surface area (Å²) < 4.78 is 5.91. The molecular formula is C17H29NO. The van der Waals surface area contributed by atoms with Gasteiger partial charge in [-0.3, -0.25) is 0 Å². The SMILES string of the molecule is CCCC(OCC)C(NC)c1ccc(C(C)C)cc1. The Morgan fingerprint density at radius 3 is 2.05 bits per heavy atom. The van der Waals surface area contributed by atoms with E-state index in [2.05, 4.69) is 57.3 Å². The molecule has 2 nitrogen and oxygen atoms in total. The molecule has 19 heavy (non-hydrogen) atoms. The highest BCUT2D eigenvalue weighted by molar-refractivity contribution is 5.27. The second-order valence-electron chi connectivity index (χ2n) is 5.37. The van der Waals surface area contributed by atoms with E-state index in [1.54, 1.807) is 0 Å². The second kappa shape index (κ2) is 8.34. The van der Waals surface area contributed by atoms with Crippen molar-refractivity contribution < 1.29 is 4.74 Å². The average Bonchev–Trinajstić information content (AvgIpc) is 2.40. The monoisotopic (exact) mass is 263 g/mol. The lowest BCUT2D eigenvalue weighted by atomic mass is 9.95. The molecule has 1 N–H and O–H groups in total.